The van der Waals surface area contributed by atoms with Crippen molar-refractivity contribution in [2.75, 3.05) is 7.11 Å². The number of methoxy groups -OCH3 is 1. The minimum Gasteiger partial charge on any atom is -0.496 e. The lowest BCUT2D eigenvalue weighted by Gasteiger charge is -2.20. The molecule has 1 N–H and O–H groups in total. The van der Waals surface area contributed by atoms with Crippen LogP contribution in [0, 0.1) is 13.8 Å². The van der Waals surface area contributed by atoms with Gasteiger partial charge in [0, 0.05) is 17.6 Å². The van der Waals surface area contributed by atoms with Crippen LogP contribution in [-0.2, 0) is 0 Å². The van der Waals surface area contributed by atoms with Gasteiger partial charge in [0.15, 0.2) is 0 Å². The van der Waals surface area contributed by atoms with Gasteiger partial charge in [-0.1, -0.05) is 6.07 Å². The van der Waals surface area contributed by atoms with Crippen molar-refractivity contribution in [1.29, 1.82) is 0 Å². The third-order valence-corrected chi connectivity index (χ3v) is 4.34. The van der Waals surface area contributed by atoms with Crippen molar-refractivity contribution in [3.63, 3.8) is 0 Å². The largest absolute Gasteiger partial charge is 0.496 e. The fourth-order valence-electron chi connectivity index (χ4n) is 2.59. The Labute approximate surface area is 134 Å². The van der Waals surface area contributed by atoms with Crippen LogP contribution >= 0.6 is 15.9 Å². The van der Waals surface area contributed by atoms with Gasteiger partial charge in [-0.15, -0.1) is 0 Å². The van der Waals surface area contributed by atoms with E-state index in [1.54, 1.807) is 7.11 Å². The number of ether oxygens (including phenoxy) is 1. The summed E-state index contributed by atoms with van der Waals surface area (Å²) in [6.45, 7) is 8.31. The van der Waals surface area contributed by atoms with Gasteiger partial charge in [0.25, 0.3) is 0 Å². The van der Waals surface area contributed by atoms with Crippen LogP contribution in [0.1, 0.15) is 48.6 Å². The Hall–Kier alpha value is -1.26. The van der Waals surface area contributed by atoms with E-state index in [2.05, 4.69) is 53.3 Å². The molecule has 2 rings (SSSR count). The predicted octanol–water partition coefficient (Wildman–Crippen LogP) is 5.08. The van der Waals surface area contributed by atoms with Crippen molar-refractivity contribution >= 4 is 15.9 Å². The highest BCUT2D eigenvalue weighted by molar-refractivity contribution is 9.10. The van der Waals surface area contributed by atoms with Crippen LogP contribution in [0.25, 0.3) is 0 Å². The lowest BCUT2D eigenvalue weighted by molar-refractivity contribution is 0.411. The first-order valence-corrected chi connectivity index (χ1v) is 7.88. The second-order valence-corrected chi connectivity index (χ2v) is 6.23. The Morgan fingerprint density at radius 1 is 1.14 bits per heavy atom. The zero-order valence-corrected chi connectivity index (χ0v) is 14.7. The van der Waals surface area contributed by atoms with Gasteiger partial charge in [-0.3, -0.25) is 0 Å². The summed E-state index contributed by atoms with van der Waals surface area (Å²) in [4.78, 5) is 0. The van der Waals surface area contributed by atoms with Gasteiger partial charge >= 0.3 is 0 Å². The summed E-state index contributed by atoms with van der Waals surface area (Å²) in [6, 6.07) is 8.73. The van der Waals surface area contributed by atoms with Crippen LogP contribution in [0.2, 0.25) is 0 Å². The summed E-state index contributed by atoms with van der Waals surface area (Å²) in [7, 11) is 1.67. The summed E-state index contributed by atoms with van der Waals surface area (Å²) < 4.78 is 11.8. The number of furan rings is 1. The lowest BCUT2D eigenvalue weighted by Crippen LogP contribution is -2.22. The Morgan fingerprint density at radius 2 is 1.86 bits per heavy atom. The van der Waals surface area contributed by atoms with Crippen molar-refractivity contribution in [1.82, 2.24) is 5.32 Å². The first kappa shape index (κ1) is 16.1. The zero-order chi connectivity index (χ0) is 15.6. The number of aryl methyl sites for hydroxylation is 2. The smallest absolute Gasteiger partial charge is 0.133 e. The van der Waals surface area contributed by atoms with Crippen molar-refractivity contribution in [3.05, 3.63) is 51.4 Å². The van der Waals surface area contributed by atoms with E-state index in [-0.39, 0.29) is 12.1 Å². The maximum Gasteiger partial charge on any atom is 0.133 e. The van der Waals surface area contributed by atoms with Gasteiger partial charge in [-0.05, 0) is 67.4 Å². The predicted molar refractivity (Wildman–Crippen MR) is 88.8 cm³/mol. The molecule has 2 atom stereocenters. The molecule has 0 aliphatic rings. The standard InChI is InChI=1S/C17H22BrNO2/c1-10-8-15(13(4)21-10)12(3)19-11(2)14-6-7-17(20-5)16(18)9-14/h6-9,11-12,19H,1-5H3. The van der Waals surface area contributed by atoms with Crippen molar-refractivity contribution in [2.24, 2.45) is 0 Å². The molecule has 21 heavy (non-hydrogen) atoms. The van der Waals surface area contributed by atoms with Crippen molar-refractivity contribution in [2.45, 2.75) is 39.8 Å². The summed E-state index contributed by atoms with van der Waals surface area (Å²) >= 11 is 3.53. The van der Waals surface area contributed by atoms with E-state index >= 15 is 0 Å². The summed E-state index contributed by atoms with van der Waals surface area (Å²) in [5.41, 5.74) is 2.43. The zero-order valence-electron chi connectivity index (χ0n) is 13.2. The maximum atomic E-state index is 5.61. The van der Waals surface area contributed by atoms with E-state index in [0.29, 0.717) is 0 Å². The third-order valence-electron chi connectivity index (χ3n) is 3.72. The molecule has 4 heteroatoms. The number of benzene rings is 1. The van der Waals surface area contributed by atoms with E-state index in [1.807, 2.05) is 19.9 Å². The molecule has 2 aromatic rings. The van der Waals surface area contributed by atoms with E-state index in [0.717, 1.165) is 21.7 Å². The summed E-state index contributed by atoms with van der Waals surface area (Å²) in [5, 5.41) is 3.61. The van der Waals surface area contributed by atoms with Crippen molar-refractivity contribution < 1.29 is 9.15 Å². The molecule has 0 spiro atoms. The number of rotatable bonds is 5. The average molecular weight is 352 g/mol. The van der Waals surface area contributed by atoms with Gasteiger partial charge in [-0.2, -0.15) is 0 Å². The van der Waals surface area contributed by atoms with Crippen molar-refractivity contribution in [3.8, 4) is 5.75 Å². The Morgan fingerprint density at radius 3 is 2.38 bits per heavy atom. The fourth-order valence-corrected chi connectivity index (χ4v) is 3.15. The highest BCUT2D eigenvalue weighted by atomic mass is 79.9. The molecule has 0 aliphatic heterocycles. The molecular formula is C17H22BrNO2. The van der Waals surface area contributed by atoms with E-state index in [4.69, 9.17) is 9.15 Å². The lowest BCUT2D eigenvalue weighted by atomic mass is 10.0. The molecule has 1 aromatic carbocycles. The molecule has 0 bridgehead atoms. The molecule has 0 radical (unpaired) electrons. The van der Waals surface area contributed by atoms with Gasteiger partial charge < -0.3 is 14.5 Å². The number of nitrogens with one attached hydrogen (secondary N) is 1. The van der Waals surface area contributed by atoms with Gasteiger partial charge in [0.05, 0.1) is 11.6 Å². The van der Waals surface area contributed by atoms with Crippen LogP contribution in [-0.4, -0.2) is 7.11 Å². The molecule has 0 saturated carbocycles. The van der Waals surface area contributed by atoms with Gasteiger partial charge in [0.1, 0.15) is 17.3 Å². The van der Waals surface area contributed by atoms with Crippen LogP contribution < -0.4 is 10.1 Å². The quantitative estimate of drug-likeness (QED) is 0.815. The Kier molecular flexibility index (Phi) is 5.12. The fraction of sp³-hybridized carbons (Fsp3) is 0.412. The molecule has 0 fully saturated rings. The normalized spacial score (nSPS) is 14.0. The van der Waals surface area contributed by atoms with E-state index in [1.165, 1.54) is 11.1 Å². The second-order valence-electron chi connectivity index (χ2n) is 5.37. The molecule has 0 aliphatic carbocycles. The van der Waals surface area contributed by atoms with Crippen LogP contribution in [0.15, 0.2) is 33.2 Å². The van der Waals surface area contributed by atoms with E-state index < -0.39 is 0 Å². The minimum absolute atomic E-state index is 0.233. The average Bonchev–Trinajstić information content (AvgIpc) is 2.77. The second kappa shape index (κ2) is 6.67. The number of hydrogen-bond acceptors (Lipinski definition) is 3. The first-order chi connectivity index (χ1) is 9.92. The minimum atomic E-state index is 0.233. The number of halogens is 1. The van der Waals surface area contributed by atoms with Crippen LogP contribution in [0.5, 0.6) is 5.75 Å². The Bertz CT molecular complexity index is 621. The summed E-state index contributed by atoms with van der Waals surface area (Å²) in [6.07, 6.45) is 0. The third kappa shape index (κ3) is 3.69. The van der Waals surface area contributed by atoms with Gasteiger partial charge in [0.2, 0.25) is 0 Å². The molecule has 114 valence electrons. The number of hydrogen-bond donors (Lipinski definition) is 1. The summed E-state index contributed by atoms with van der Waals surface area (Å²) in [5.74, 6) is 2.78. The SMILES string of the molecule is COc1ccc(C(C)NC(C)c2cc(C)oc2C)cc1Br. The first-order valence-electron chi connectivity index (χ1n) is 7.08. The molecule has 0 saturated heterocycles. The van der Waals surface area contributed by atoms with Gasteiger partial charge in [-0.25, -0.2) is 0 Å². The molecule has 0 amide bonds. The monoisotopic (exact) mass is 351 g/mol. The molecule has 3 nitrogen and oxygen atoms in total. The maximum absolute atomic E-state index is 5.61. The van der Waals surface area contributed by atoms with Crippen LogP contribution in [0.4, 0.5) is 0 Å². The highest BCUT2D eigenvalue weighted by Gasteiger charge is 2.16. The van der Waals surface area contributed by atoms with E-state index in [9.17, 15) is 0 Å². The molecule has 2 unspecified atom stereocenters. The van der Waals surface area contributed by atoms with Crippen LogP contribution in [0.3, 0.4) is 0 Å². The molecule has 1 aromatic heterocycles. The molecule has 1 heterocycles. The Balaban J connectivity index is 2.12. The molecular weight excluding hydrogens is 330 g/mol. The highest BCUT2D eigenvalue weighted by Crippen LogP contribution is 2.29. The topological polar surface area (TPSA) is 34.4 Å².